The van der Waals surface area contributed by atoms with Gasteiger partial charge < -0.3 is 4.74 Å². The molecule has 0 bridgehead atoms. The van der Waals surface area contributed by atoms with E-state index in [4.69, 9.17) is 4.74 Å². The van der Waals surface area contributed by atoms with E-state index in [1.54, 1.807) is 12.3 Å². The second kappa shape index (κ2) is 7.84. The van der Waals surface area contributed by atoms with Crippen LogP contribution in [-0.4, -0.2) is 19.9 Å². The van der Waals surface area contributed by atoms with Crippen molar-refractivity contribution < 1.29 is 9.66 Å². The Balaban J connectivity index is 1.75. The fourth-order valence-corrected chi connectivity index (χ4v) is 3.79. The first-order valence-corrected chi connectivity index (χ1v) is 9.60. The van der Waals surface area contributed by atoms with Crippen molar-refractivity contribution in [2.75, 3.05) is 0 Å². The van der Waals surface area contributed by atoms with Crippen molar-refractivity contribution in [3.05, 3.63) is 82.3 Å². The zero-order valence-corrected chi connectivity index (χ0v) is 16.5. The Bertz CT molecular complexity index is 1220. The number of pyridine rings is 1. The lowest BCUT2D eigenvalue weighted by atomic mass is 10.1. The summed E-state index contributed by atoms with van der Waals surface area (Å²) in [5.41, 5.74) is 2.61. The van der Waals surface area contributed by atoms with E-state index < -0.39 is 4.92 Å². The van der Waals surface area contributed by atoms with Gasteiger partial charge in [-0.1, -0.05) is 36.0 Å². The van der Waals surface area contributed by atoms with Gasteiger partial charge in [0.25, 0.3) is 0 Å². The van der Waals surface area contributed by atoms with Crippen LogP contribution < -0.4 is 4.74 Å². The summed E-state index contributed by atoms with van der Waals surface area (Å²) in [6.07, 6.45) is 2.96. The zero-order chi connectivity index (χ0) is 20.4. The lowest BCUT2D eigenvalue weighted by Gasteiger charge is -2.09. The third kappa shape index (κ3) is 3.88. The standard InChI is InChI=1S/C21H16N4O3S/c1-13-8-9-16(11-14(13)2)28-20-19(25(26)27)21(24-12-23-20)29-17-7-3-5-15-6-4-10-22-18(15)17/h3-12H,1-2H3. The molecule has 2 aromatic heterocycles. The highest BCUT2D eigenvalue weighted by atomic mass is 32.2. The highest BCUT2D eigenvalue weighted by Gasteiger charge is 2.26. The minimum absolute atomic E-state index is 0.0936. The number of ether oxygens (including phenoxy) is 1. The van der Waals surface area contributed by atoms with Gasteiger partial charge in [-0.2, -0.15) is 4.98 Å². The molecule has 7 nitrogen and oxygen atoms in total. The Hall–Kier alpha value is -3.52. The number of nitro groups is 1. The van der Waals surface area contributed by atoms with Crippen molar-refractivity contribution >= 4 is 28.4 Å². The second-order valence-electron chi connectivity index (χ2n) is 6.37. The predicted molar refractivity (Wildman–Crippen MR) is 111 cm³/mol. The molecule has 0 aliphatic rings. The van der Waals surface area contributed by atoms with Gasteiger partial charge in [-0.25, -0.2) is 4.98 Å². The van der Waals surface area contributed by atoms with E-state index in [0.29, 0.717) is 5.75 Å². The molecule has 8 heteroatoms. The molecule has 0 atom stereocenters. The van der Waals surface area contributed by atoms with Crippen LogP contribution in [0.2, 0.25) is 0 Å². The molecule has 29 heavy (non-hydrogen) atoms. The molecule has 0 aliphatic carbocycles. The smallest absolute Gasteiger partial charge is 0.363 e. The molecule has 2 aromatic carbocycles. The van der Waals surface area contributed by atoms with Gasteiger partial charge in [-0.15, -0.1) is 0 Å². The van der Waals surface area contributed by atoms with Crippen LogP contribution in [0.1, 0.15) is 11.1 Å². The third-order valence-corrected chi connectivity index (χ3v) is 5.47. The molecule has 0 amide bonds. The number of rotatable bonds is 5. The van der Waals surface area contributed by atoms with Crippen molar-refractivity contribution in [3.63, 3.8) is 0 Å². The molecule has 2 heterocycles. The summed E-state index contributed by atoms with van der Waals surface area (Å²) < 4.78 is 5.75. The molecule has 0 saturated carbocycles. The van der Waals surface area contributed by atoms with E-state index >= 15 is 0 Å². The van der Waals surface area contributed by atoms with Gasteiger partial charge in [0.2, 0.25) is 0 Å². The molecule has 0 radical (unpaired) electrons. The maximum Gasteiger partial charge on any atom is 0.363 e. The quantitative estimate of drug-likeness (QED) is 0.247. The maximum absolute atomic E-state index is 11.8. The summed E-state index contributed by atoms with van der Waals surface area (Å²) in [6.45, 7) is 3.94. The van der Waals surface area contributed by atoms with Crippen LogP contribution in [0.5, 0.6) is 11.6 Å². The Morgan fingerprint density at radius 1 is 1.00 bits per heavy atom. The number of hydrogen-bond acceptors (Lipinski definition) is 7. The molecule has 4 rings (SSSR count). The van der Waals surface area contributed by atoms with E-state index in [-0.39, 0.29) is 16.6 Å². The number of fused-ring (bicyclic) bond motifs is 1. The summed E-state index contributed by atoms with van der Waals surface area (Å²) in [4.78, 5) is 24.6. The maximum atomic E-state index is 11.8. The van der Waals surface area contributed by atoms with Gasteiger partial charge in [-0.05, 0) is 49.2 Å². The number of aryl methyl sites for hydroxylation is 2. The highest BCUT2D eigenvalue weighted by molar-refractivity contribution is 7.99. The van der Waals surface area contributed by atoms with Crippen LogP contribution in [0.3, 0.4) is 0 Å². The van der Waals surface area contributed by atoms with Crippen molar-refractivity contribution in [3.8, 4) is 11.6 Å². The van der Waals surface area contributed by atoms with Crippen LogP contribution in [0.15, 0.2) is 71.0 Å². The van der Waals surface area contributed by atoms with E-state index in [1.807, 2.05) is 56.3 Å². The molecular weight excluding hydrogens is 388 g/mol. The molecule has 0 fully saturated rings. The SMILES string of the molecule is Cc1ccc(Oc2ncnc(Sc3cccc4cccnc34)c2[N+](=O)[O-])cc1C. The van der Waals surface area contributed by atoms with Gasteiger partial charge in [0.05, 0.1) is 10.4 Å². The molecule has 0 N–H and O–H groups in total. The number of aromatic nitrogens is 3. The molecule has 0 spiro atoms. The summed E-state index contributed by atoms with van der Waals surface area (Å²) in [5.74, 6) is 0.390. The predicted octanol–water partition coefficient (Wildman–Crippen LogP) is 5.49. The van der Waals surface area contributed by atoms with Crippen LogP contribution in [-0.2, 0) is 0 Å². The number of para-hydroxylation sites is 1. The zero-order valence-electron chi connectivity index (χ0n) is 15.7. The third-order valence-electron chi connectivity index (χ3n) is 4.43. The van der Waals surface area contributed by atoms with Gasteiger partial charge in [-0.3, -0.25) is 15.1 Å². The van der Waals surface area contributed by atoms with Crippen molar-refractivity contribution in [1.29, 1.82) is 0 Å². The Morgan fingerprint density at radius 2 is 1.83 bits per heavy atom. The Morgan fingerprint density at radius 3 is 2.62 bits per heavy atom. The number of hydrogen-bond donors (Lipinski definition) is 0. The topological polar surface area (TPSA) is 91.0 Å². The molecule has 0 unspecified atom stereocenters. The monoisotopic (exact) mass is 404 g/mol. The first-order chi connectivity index (χ1) is 14.0. The largest absolute Gasteiger partial charge is 0.434 e. The molecule has 0 saturated heterocycles. The Kier molecular flexibility index (Phi) is 5.09. The minimum Gasteiger partial charge on any atom is -0.434 e. The lowest BCUT2D eigenvalue weighted by Crippen LogP contribution is -2.00. The van der Waals surface area contributed by atoms with Gasteiger partial charge in [0.15, 0.2) is 5.03 Å². The number of nitrogens with zero attached hydrogens (tertiary/aromatic N) is 4. The summed E-state index contributed by atoms with van der Waals surface area (Å²) in [6, 6.07) is 14.9. The summed E-state index contributed by atoms with van der Waals surface area (Å²) >= 11 is 1.17. The van der Waals surface area contributed by atoms with Gasteiger partial charge in [0, 0.05) is 16.5 Å². The molecule has 144 valence electrons. The normalized spacial score (nSPS) is 10.8. The minimum atomic E-state index is -0.517. The van der Waals surface area contributed by atoms with E-state index in [2.05, 4.69) is 15.0 Å². The molecular formula is C21H16N4O3S. The van der Waals surface area contributed by atoms with E-state index in [1.165, 1.54) is 18.1 Å². The highest BCUT2D eigenvalue weighted by Crippen LogP contribution is 2.40. The van der Waals surface area contributed by atoms with Gasteiger partial charge >= 0.3 is 11.6 Å². The fourth-order valence-electron chi connectivity index (χ4n) is 2.80. The second-order valence-corrected chi connectivity index (χ2v) is 7.40. The first kappa shape index (κ1) is 18.8. The van der Waals surface area contributed by atoms with Crippen molar-refractivity contribution in [2.24, 2.45) is 0 Å². The van der Waals surface area contributed by atoms with Crippen LogP contribution >= 0.6 is 11.8 Å². The molecule has 0 aliphatic heterocycles. The first-order valence-electron chi connectivity index (χ1n) is 8.79. The van der Waals surface area contributed by atoms with Crippen molar-refractivity contribution in [1.82, 2.24) is 15.0 Å². The van der Waals surface area contributed by atoms with Crippen LogP contribution in [0, 0.1) is 24.0 Å². The molecule has 4 aromatic rings. The average molecular weight is 404 g/mol. The van der Waals surface area contributed by atoms with E-state index in [9.17, 15) is 10.1 Å². The van der Waals surface area contributed by atoms with E-state index in [0.717, 1.165) is 26.9 Å². The average Bonchev–Trinajstić information content (AvgIpc) is 2.71. The Labute approximate surface area is 171 Å². The van der Waals surface area contributed by atoms with Crippen molar-refractivity contribution in [2.45, 2.75) is 23.8 Å². The summed E-state index contributed by atoms with van der Waals surface area (Å²) in [7, 11) is 0. The number of benzene rings is 2. The lowest BCUT2D eigenvalue weighted by molar-refractivity contribution is -0.389. The van der Waals surface area contributed by atoms with Gasteiger partial charge in [0.1, 0.15) is 12.1 Å². The van der Waals surface area contributed by atoms with Crippen LogP contribution in [0.4, 0.5) is 5.69 Å². The fraction of sp³-hybridized carbons (Fsp3) is 0.0952. The van der Waals surface area contributed by atoms with Crippen LogP contribution in [0.25, 0.3) is 10.9 Å². The summed E-state index contributed by atoms with van der Waals surface area (Å²) in [5, 5.41) is 13.0.